The predicted octanol–water partition coefficient (Wildman–Crippen LogP) is 5.05. The van der Waals surface area contributed by atoms with E-state index in [0.29, 0.717) is 28.1 Å². The van der Waals surface area contributed by atoms with E-state index in [1.165, 1.54) is 18.2 Å². The van der Waals surface area contributed by atoms with Gasteiger partial charge in [-0.1, -0.05) is 31.9 Å². The molecule has 0 atom stereocenters. The topological polar surface area (TPSA) is 93.5 Å². The van der Waals surface area contributed by atoms with Gasteiger partial charge >= 0.3 is 0 Å². The Hall–Kier alpha value is -2.52. The van der Waals surface area contributed by atoms with E-state index in [1.807, 2.05) is 0 Å². The molecular formula is C19H20BrN3O4S. The highest BCUT2D eigenvalue weighted by molar-refractivity contribution is 9.10. The summed E-state index contributed by atoms with van der Waals surface area (Å²) in [6.45, 7) is 2.65. The SMILES string of the molecule is CCCCCOc1ccccc1C(=O)NC(=S)Nc1ccc([N+](=O)[O-])cc1Br. The van der Waals surface area contributed by atoms with Gasteiger partial charge in [0.2, 0.25) is 0 Å². The zero-order valence-electron chi connectivity index (χ0n) is 15.2. The number of non-ortho nitro benzene ring substituents is 1. The van der Waals surface area contributed by atoms with Crippen molar-refractivity contribution in [2.75, 3.05) is 11.9 Å². The average Bonchev–Trinajstić information content (AvgIpc) is 2.67. The van der Waals surface area contributed by atoms with E-state index in [4.69, 9.17) is 17.0 Å². The quantitative estimate of drug-likeness (QED) is 0.245. The molecule has 0 bridgehead atoms. The minimum absolute atomic E-state index is 0.0541. The normalized spacial score (nSPS) is 10.2. The van der Waals surface area contributed by atoms with Gasteiger partial charge in [-0.25, -0.2) is 0 Å². The number of nitrogens with zero attached hydrogens (tertiary/aromatic N) is 1. The molecule has 0 aromatic heterocycles. The van der Waals surface area contributed by atoms with Crippen LogP contribution in [0.5, 0.6) is 5.75 Å². The lowest BCUT2D eigenvalue weighted by atomic mass is 10.2. The molecular weight excluding hydrogens is 446 g/mol. The van der Waals surface area contributed by atoms with E-state index < -0.39 is 10.8 Å². The van der Waals surface area contributed by atoms with Crippen LogP contribution in [0.15, 0.2) is 46.9 Å². The summed E-state index contributed by atoms with van der Waals surface area (Å²) in [5, 5.41) is 16.3. The number of benzene rings is 2. The number of carbonyl (C=O) groups is 1. The number of rotatable bonds is 8. The third-order valence-corrected chi connectivity index (χ3v) is 4.64. The van der Waals surface area contributed by atoms with E-state index >= 15 is 0 Å². The smallest absolute Gasteiger partial charge is 0.270 e. The number of thiocarbonyl (C=S) groups is 1. The van der Waals surface area contributed by atoms with Crippen LogP contribution in [0.2, 0.25) is 0 Å². The van der Waals surface area contributed by atoms with Gasteiger partial charge in [-0.3, -0.25) is 20.2 Å². The van der Waals surface area contributed by atoms with Gasteiger partial charge in [0.1, 0.15) is 5.75 Å². The summed E-state index contributed by atoms with van der Waals surface area (Å²) in [5.74, 6) is 0.0945. The van der Waals surface area contributed by atoms with E-state index in [-0.39, 0.29) is 10.8 Å². The van der Waals surface area contributed by atoms with Crippen molar-refractivity contribution in [1.29, 1.82) is 0 Å². The number of unbranched alkanes of at least 4 members (excludes halogenated alkanes) is 2. The Morgan fingerprint density at radius 1 is 1.25 bits per heavy atom. The summed E-state index contributed by atoms with van der Waals surface area (Å²) < 4.78 is 6.18. The Morgan fingerprint density at radius 3 is 2.68 bits per heavy atom. The fourth-order valence-electron chi connectivity index (χ4n) is 2.36. The Labute approximate surface area is 176 Å². The number of carbonyl (C=O) groups excluding carboxylic acids is 1. The lowest BCUT2D eigenvalue weighted by molar-refractivity contribution is -0.384. The van der Waals surface area contributed by atoms with Gasteiger partial charge in [-0.15, -0.1) is 0 Å². The average molecular weight is 466 g/mol. The van der Waals surface area contributed by atoms with Crippen LogP contribution in [0.25, 0.3) is 0 Å². The van der Waals surface area contributed by atoms with Crippen molar-refractivity contribution >= 4 is 50.5 Å². The summed E-state index contributed by atoms with van der Waals surface area (Å²) in [4.78, 5) is 22.9. The van der Waals surface area contributed by atoms with Gasteiger partial charge in [0.25, 0.3) is 11.6 Å². The lowest BCUT2D eigenvalue weighted by Crippen LogP contribution is -2.34. The van der Waals surface area contributed by atoms with E-state index in [9.17, 15) is 14.9 Å². The first-order valence-electron chi connectivity index (χ1n) is 8.70. The van der Waals surface area contributed by atoms with Gasteiger partial charge in [0.15, 0.2) is 5.11 Å². The van der Waals surface area contributed by atoms with Crippen LogP contribution in [0.4, 0.5) is 11.4 Å². The monoisotopic (exact) mass is 465 g/mol. The lowest BCUT2D eigenvalue weighted by Gasteiger charge is -2.13. The largest absolute Gasteiger partial charge is 0.493 e. The standard InChI is InChI=1S/C19H20BrN3O4S/c1-2-3-6-11-27-17-8-5-4-7-14(17)18(24)22-19(28)21-16-10-9-13(23(25)26)12-15(16)20/h4-5,7-10,12H,2-3,6,11H2,1H3,(H2,21,22,24,28). The molecule has 28 heavy (non-hydrogen) atoms. The first kappa shape index (κ1) is 21.8. The molecule has 0 saturated carbocycles. The molecule has 2 rings (SSSR count). The first-order valence-corrected chi connectivity index (χ1v) is 9.90. The van der Waals surface area contributed by atoms with Gasteiger partial charge < -0.3 is 10.1 Å². The van der Waals surface area contributed by atoms with Crippen molar-refractivity contribution < 1.29 is 14.5 Å². The van der Waals surface area contributed by atoms with Crippen LogP contribution in [-0.4, -0.2) is 22.5 Å². The predicted molar refractivity (Wildman–Crippen MR) is 116 cm³/mol. The molecule has 148 valence electrons. The van der Waals surface area contributed by atoms with Crippen LogP contribution in [0.3, 0.4) is 0 Å². The van der Waals surface area contributed by atoms with Crippen LogP contribution in [0.1, 0.15) is 36.5 Å². The molecule has 9 heteroatoms. The minimum Gasteiger partial charge on any atom is -0.493 e. The van der Waals surface area contributed by atoms with Gasteiger partial charge in [0, 0.05) is 16.6 Å². The summed E-state index contributed by atoms with van der Waals surface area (Å²) in [5.41, 5.74) is 0.826. The molecule has 2 aromatic rings. The molecule has 2 N–H and O–H groups in total. The second-order valence-corrected chi connectivity index (χ2v) is 7.14. The Morgan fingerprint density at radius 2 is 2.00 bits per heavy atom. The molecule has 1 amide bonds. The number of ether oxygens (including phenoxy) is 1. The highest BCUT2D eigenvalue weighted by atomic mass is 79.9. The number of nitro groups is 1. The van der Waals surface area contributed by atoms with Crippen LogP contribution in [-0.2, 0) is 0 Å². The molecule has 2 aromatic carbocycles. The molecule has 7 nitrogen and oxygen atoms in total. The third-order valence-electron chi connectivity index (χ3n) is 3.78. The van der Waals surface area contributed by atoms with Crippen LogP contribution >= 0.6 is 28.1 Å². The van der Waals surface area contributed by atoms with E-state index in [2.05, 4.69) is 33.5 Å². The fourth-order valence-corrected chi connectivity index (χ4v) is 3.03. The summed E-state index contributed by atoms with van der Waals surface area (Å²) >= 11 is 8.43. The van der Waals surface area contributed by atoms with Crippen molar-refractivity contribution in [3.05, 3.63) is 62.6 Å². The Balaban J connectivity index is 2.01. The molecule has 0 aliphatic heterocycles. The highest BCUT2D eigenvalue weighted by Gasteiger charge is 2.15. The summed E-state index contributed by atoms with van der Waals surface area (Å²) in [7, 11) is 0. The minimum atomic E-state index is -0.494. The maximum Gasteiger partial charge on any atom is 0.270 e. The number of hydrogen-bond acceptors (Lipinski definition) is 5. The van der Waals surface area contributed by atoms with Crippen molar-refractivity contribution in [2.24, 2.45) is 0 Å². The number of anilines is 1. The molecule has 0 saturated heterocycles. The van der Waals surface area contributed by atoms with Crippen molar-refractivity contribution in [1.82, 2.24) is 5.32 Å². The second-order valence-electron chi connectivity index (χ2n) is 5.88. The molecule has 0 spiro atoms. The summed E-state index contributed by atoms with van der Waals surface area (Å²) in [6.07, 6.45) is 3.07. The number of amides is 1. The molecule has 0 unspecified atom stereocenters. The number of halogens is 1. The zero-order chi connectivity index (χ0) is 20.5. The summed E-state index contributed by atoms with van der Waals surface area (Å²) in [6, 6.07) is 11.2. The van der Waals surface area contributed by atoms with E-state index in [1.54, 1.807) is 24.3 Å². The number of hydrogen-bond donors (Lipinski definition) is 2. The van der Waals surface area contributed by atoms with Crippen LogP contribution in [0, 0.1) is 10.1 Å². The Bertz CT molecular complexity index is 876. The van der Waals surface area contributed by atoms with Crippen molar-refractivity contribution in [3.63, 3.8) is 0 Å². The van der Waals surface area contributed by atoms with Gasteiger partial charge in [-0.05, 0) is 52.8 Å². The highest BCUT2D eigenvalue weighted by Crippen LogP contribution is 2.27. The fraction of sp³-hybridized carbons (Fsp3) is 0.263. The van der Waals surface area contributed by atoms with Gasteiger partial charge in [0.05, 0.1) is 22.8 Å². The van der Waals surface area contributed by atoms with E-state index in [0.717, 1.165) is 19.3 Å². The maximum atomic E-state index is 12.6. The molecule has 0 heterocycles. The number of nitro benzene ring substituents is 1. The Kier molecular flexibility index (Phi) is 8.34. The van der Waals surface area contributed by atoms with Crippen molar-refractivity contribution in [3.8, 4) is 5.75 Å². The first-order chi connectivity index (χ1) is 13.4. The third kappa shape index (κ3) is 6.28. The second kappa shape index (κ2) is 10.7. The molecule has 0 aliphatic rings. The number of para-hydroxylation sites is 1. The molecule has 0 aliphatic carbocycles. The zero-order valence-corrected chi connectivity index (χ0v) is 17.6. The number of nitrogens with one attached hydrogen (secondary N) is 2. The van der Waals surface area contributed by atoms with Crippen LogP contribution < -0.4 is 15.4 Å². The molecule has 0 fully saturated rings. The van der Waals surface area contributed by atoms with Gasteiger partial charge in [-0.2, -0.15) is 0 Å². The van der Waals surface area contributed by atoms with Crippen molar-refractivity contribution in [2.45, 2.75) is 26.2 Å². The maximum absolute atomic E-state index is 12.6. The molecule has 0 radical (unpaired) electrons.